The Kier molecular flexibility index (Phi) is 7.10. The molecule has 24 heavy (non-hydrogen) atoms. The fraction of sp³-hybridized carbons (Fsp3) is 0.476. The molecule has 2 rings (SSSR count). The zero-order valence-electron chi connectivity index (χ0n) is 15.1. The highest BCUT2D eigenvalue weighted by molar-refractivity contribution is 5.71. The van der Waals surface area contributed by atoms with Crippen LogP contribution in [0.5, 0.6) is 0 Å². The van der Waals surface area contributed by atoms with E-state index in [0.29, 0.717) is 0 Å². The molecule has 3 heteroatoms. The summed E-state index contributed by atoms with van der Waals surface area (Å²) in [4.78, 5) is 14.0. The predicted octanol–water partition coefficient (Wildman–Crippen LogP) is 6.00. The topological polar surface area (TPSA) is 29.5 Å². The number of amides is 1. The summed E-state index contributed by atoms with van der Waals surface area (Å²) < 4.78 is 5.67. The second-order valence-corrected chi connectivity index (χ2v) is 6.42. The zero-order chi connectivity index (χ0) is 17.4. The molecular weight excluding hydrogens is 298 g/mol. The van der Waals surface area contributed by atoms with Gasteiger partial charge < -0.3 is 4.74 Å². The fourth-order valence-corrected chi connectivity index (χ4v) is 2.99. The number of hydrogen-bond donors (Lipinski definition) is 0. The molecule has 0 aromatic heterocycles. The van der Waals surface area contributed by atoms with Crippen molar-refractivity contribution in [3.8, 4) is 0 Å². The van der Waals surface area contributed by atoms with E-state index in [-0.39, 0.29) is 18.1 Å². The minimum atomic E-state index is -0.277. The Hall–Kier alpha value is -2.03. The van der Waals surface area contributed by atoms with Crippen LogP contribution < -0.4 is 0 Å². The van der Waals surface area contributed by atoms with Crippen LogP contribution >= 0.6 is 0 Å². The van der Waals surface area contributed by atoms with Gasteiger partial charge in [0, 0.05) is 18.3 Å². The van der Waals surface area contributed by atoms with Crippen molar-refractivity contribution < 1.29 is 9.53 Å². The van der Waals surface area contributed by atoms with Crippen LogP contribution in [0.3, 0.4) is 0 Å². The van der Waals surface area contributed by atoms with E-state index in [0.717, 1.165) is 24.8 Å². The van der Waals surface area contributed by atoms with Crippen LogP contribution in [0.1, 0.15) is 64.4 Å². The standard InChI is InChI=1S/C21H29NO2/c1-4-6-8-13-19(5-2)24-21(23)22-15-14-20(17(3)16-22)18-11-9-7-10-12-18/h7,9-12,14-16,19-20H,4-6,8,13H2,1-3H3. The summed E-state index contributed by atoms with van der Waals surface area (Å²) in [6.07, 6.45) is 10.8. The molecular formula is C21H29NO2. The Morgan fingerprint density at radius 1 is 1.21 bits per heavy atom. The molecule has 2 unspecified atom stereocenters. The highest BCUT2D eigenvalue weighted by Crippen LogP contribution is 2.29. The number of nitrogens with zero attached hydrogens (tertiary/aromatic N) is 1. The van der Waals surface area contributed by atoms with Crippen molar-refractivity contribution in [2.24, 2.45) is 0 Å². The molecule has 0 saturated carbocycles. The van der Waals surface area contributed by atoms with Crippen LogP contribution in [0.2, 0.25) is 0 Å². The molecule has 0 spiro atoms. The van der Waals surface area contributed by atoms with Gasteiger partial charge in [-0.05, 0) is 37.3 Å². The molecule has 1 amide bonds. The first-order valence-corrected chi connectivity index (χ1v) is 9.06. The molecule has 0 aliphatic carbocycles. The molecule has 130 valence electrons. The first-order valence-electron chi connectivity index (χ1n) is 9.06. The molecule has 0 fully saturated rings. The SMILES string of the molecule is CCCCCC(CC)OC(=O)N1C=CC(c2ccccc2)C(C)=C1. The van der Waals surface area contributed by atoms with Gasteiger partial charge in [-0.15, -0.1) is 0 Å². The van der Waals surface area contributed by atoms with Crippen LogP contribution in [0.25, 0.3) is 0 Å². The van der Waals surface area contributed by atoms with Gasteiger partial charge in [0.1, 0.15) is 6.10 Å². The molecule has 1 heterocycles. The summed E-state index contributed by atoms with van der Waals surface area (Å²) in [7, 11) is 0. The van der Waals surface area contributed by atoms with Gasteiger partial charge in [0.25, 0.3) is 0 Å². The van der Waals surface area contributed by atoms with Crippen LogP contribution in [0.15, 0.2) is 54.4 Å². The largest absolute Gasteiger partial charge is 0.446 e. The minimum Gasteiger partial charge on any atom is -0.446 e. The number of carbonyl (C=O) groups is 1. The third kappa shape index (κ3) is 4.98. The lowest BCUT2D eigenvalue weighted by atomic mass is 9.91. The highest BCUT2D eigenvalue weighted by Gasteiger charge is 2.21. The maximum absolute atomic E-state index is 12.4. The zero-order valence-corrected chi connectivity index (χ0v) is 15.1. The number of carbonyl (C=O) groups excluding carboxylic acids is 1. The van der Waals surface area contributed by atoms with E-state index in [2.05, 4.69) is 39.0 Å². The number of benzene rings is 1. The average Bonchev–Trinajstić information content (AvgIpc) is 2.61. The predicted molar refractivity (Wildman–Crippen MR) is 98.6 cm³/mol. The van der Waals surface area contributed by atoms with Gasteiger partial charge in [-0.25, -0.2) is 4.79 Å². The summed E-state index contributed by atoms with van der Waals surface area (Å²) in [5.74, 6) is 0.224. The van der Waals surface area contributed by atoms with Crippen molar-refractivity contribution in [2.75, 3.05) is 0 Å². The number of unbranched alkanes of at least 4 members (excludes halogenated alkanes) is 2. The molecule has 2 atom stereocenters. The first kappa shape index (κ1) is 18.3. The van der Waals surface area contributed by atoms with Crippen molar-refractivity contribution in [1.82, 2.24) is 4.90 Å². The Morgan fingerprint density at radius 2 is 1.96 bits per heavy atom. The summed E-state index contributed by atoms with van der Waals surface area (Å²) in [5, 5.41) is 0. The lowest BCUT2D eigenvalue weighted by Gasteiger charge is -2.26. The quantitative estimate of drug-likeness (QED) is 0.575. The second-order valence-electron chi connectivity index (χ2n) is 6.42. The number of allylic oxidation sites excluding steroid dienone is 2. The minimum absolute atomic E-state index is 0.0120. The van der Waals surface area contributed by atoms with E-state index in [1.165, 1.54) is 18.4 Å². The van der Waals surface area contributed by atoms with E-state index in [1.54, 1.807) is 4.90 Å². The molecule has 1 aliphatic heterocycles. The third-order valence-electron chi connectivity index (χ3n) is 4.49. The van der Waals surface area contributed by atoms with E-state index in [9.17, 15) is 4.79 Å². The van der Waals surface area contributed by atoms with Gasteiger partial charge in [-0.2, -0.15) is 0 Å². The van der Waals surface area contributed by atoms with E-state index >= 15 is 0 Å². The van der Waals surface area contributed by atoms with Gasteiger partial charge in [0.15, 0.2) is 0 Å². The lowest BCUT2D eigenvalue weighted by Crippen LogP contribution is -2.28. The van der Waals surface area contributed by atoms with E-state index in [4.69, 9.17) is 4.74 Å². The van der Waals surface area contributed by atoms with Crippen LogP contribution in [0, 0.1) is 0 Å². The smallest absolute Gasteiger partial charge is 0.418 e. The maximum Gasteiger partial charge on any atom is 0.418 e. The third-order valence-corrected chi connectivity index (χ3v) is 4.49. The van der Waals surface area contributed by atoms with Crippen LogP contribution in [-0.4, -0.2) is 17.1 Å². The number of ether oxygens (including phenoxy) is 1. The Bertz CT molecular complexity index is 577. The van der Waals surface area contributed by atoms with Gasteiger partial charge in [0.05, 0.1) is 0 Å². The van der Waals surface area contributed by atoms with Gasteiger partial charge >= 0.3 is 6.09 Å². The Morgan fingerprint density at radius 3 is 2.58 bits per heavy atom. The fourth-order valence-electron chi connectivity index (χ4n) is 2.99. The summed E-state index contributed by atoms with van der Waals surface area (Å²) in [6, 6.07) is 10.3. The second kappa shape index (κ2) is 9.31. The molecule has 1 aliphatic rings. The summed E-state index contributed by atoms with van der Waals surface area (Å²) in [6.45, 7) is 6.31. The normalized spacial score (nSPS) is 18.2. The van der Waals surface area contributed by atoms with Crippen LogP contribution in [0.4, 0.5) is 4.79 Å². The number of hydrogen-bond acceptors (Lipinski definition) is 2. The van der Waals surface area contributed by atoms with Gasteiger partial charge in [0.2, 0.25) is 0 Å². The van der Waals surface area contributed by atoms with E-state index < -0.39 is 0 Å². The Labute approximate surface area is 146 Å². The molecule has 1 aromatic carbocycles. The van der Waals surface area contributed by atoms with Crippen LogP contribution in [-0.2, 0) is 4.74 Å². The van der Waals surface area contributed by atoms with Crippen molar-refractivity contribution >= 4 is 6.09 Å². The summed E-state index contributed by atoms with van der Waals surface area (Å²) in [5.41, 5.74) is 2.38. The molecule has 3 nitrogen and oxygen atoms in total. The van der Waals surface area contributed by atoms with Crippen molar-refractivity contribution in [2.45, 2.75) is 64.9 Å². The van der Waals surface area contributed by atoms with Crippen molar-refractivity contribution in [3.63, 3.8) is 0 Å². The highest BCUT2D eigenvalue weighted by atomic mass is 16.6. The molecule has 1 aromatic rings. The van der Waals surface area contributed by atoms with E-state index in [1.807, 2.05) is 30.6 Å². The van der Waals surface area contributed by atoms with Crippen molar-refractivity contribution in [3.05, 3.63) is 59.9 Å². The maximum atomic E-state index is 12.4. The number of rotatable bonds is 7. The van der Waals surface area contributed by atoms with Crippen molar-refractivity contribution in [1.29, 1.82) is 0 Å². The van der Waals surface area contributed by atoms with Gasteiger partial charge in [-0.3, -0.25) is 4.90 Å². The van der Waals surface area contributed by atoms with Gasteiger partial charge in [-0.1, -0.05) is 63.1 Å². The lowest BCUT2D eigenvalue weighted by molar-refractivity contribution is 0.0736. The average molecular weight is 327 g/mol. The monoisotopic (exact) mass is 327 g/mol. The molecule has 0 bridgehead atoms. The first-order chi connectivity index (χ1) is 11.7. The molecule has 0 N–H and O–H groups in total. The Balaban J connectivity index is 1.95. The molecule has 0 saturated heterocycles. The summed E-state index contributed by atoms with van der Waals surface area (Å²) >= 11 is 0. The molecule has 0 radical (unpaired) electrons.